The molecule has 3 rings (SSSR count). The number of halogens is 2. The van der Waals surface area contributed by atoms with Crippen LogP contribution in [0, 0.1) is 11.6 Å². The number of hydrogen-bond acceptors (Lipinski definition) is 4. The summed E-state index contributed by atoms with van der Waals surface area (Å²) in [5.41, 5.74) is 1.38. The number of carbonyl (C=O) groups excluding carboxylic acids is 1. The second-order valence-corrected chi connectivity index (χ2v) is 6.24. The Morgan fingerprint density at radius 2 is 1.92 bits per heavy atom. The first-order chi connectivity index (χ1) is 12.0. The van der Waals surface area contributed by atoms with Gasteiger partial charge < -0.3 is 10.1 Å². The van der Waals surface area contributed by atoms with Crippen LogP contribution in [0.1, 0.15) is 11.1 Å². The molecule has 0 aromatic heterocycles. The van der Waals surface area contributed by atoms with E-state index in [1.807, 2.05) is 24.3 Å². The van der Waals surface area contributed by atoms with Gasteiger partial charge in [0.1, 0.15) is 5.75 Å². The van der Waals surface area contributed by atoms with Crippen molar-refractivity contribution >= 4 is 28.9 Å². The molecular weight excluding hydrogens is 346 g/mol. The zero-order chi connectivity index (χ0) is 17.8. The number of rotatable bonds is 4. The number of nitrogens with one attached hydrogen (secondary N) is 1. The highest BCUT2D eigenvalue weighted by Gasteiger charge is 2.23. The minimum atomic E-state index is -0.953. The second-order valence-electron chi connectivity index (χ2n) is 5.21. The molecule has 2 aromatic rings. The van der Waals surface area contributed by atoms with Gasteiger partial charge in [-0.1, -0.05) is 18.2 Å². The molecule has 7 heteroatoms. The molecule has 1 saturated heterocycles. The van der Waals surface area contributed by atoms with Crippen molar-refractivity contribution in [1.29, 1.82) is 0 Å². The van der Waals surface area contributed by atoms with Crippen molar-refractivity contribution in [2.24, 2.45) is 4.99 Å². The number of nitrogens with zero attached hydrogens (tertiary/aromatic N) is 1. The molecule has 1 N–H and O–H groups in total. The Balaban J connectivity index is 1.70. The quantitative estimate of drug-likeness (QED) is 0.845. The molecule has 1 amide bonds. The fourth-order valence-electron chi connectivity index (χ4n) is 2.15. The lowest BCUT2D eigenvalue weighted by Gasteiger charge is -2.01. The summed E-state index contributed by atoms with van der Waals surface area (Å²) in [6.45, 7) is 0.408. The summed E-state index contributed by atoms with van der Waals surface area (Å²) in [7, 11) is 1.60. The van der Waals surface area contributed by atoms with E-state index in [1.54, 1.807) is 7.11 Å². The first kappa shape index (κ1) is 17.2. The van der Waals surface area contributed by atoms with Gasteiger partial charge >= 0.3 is 0 Å². The molecule has 0 saturated carbocycles. The summed E-state index contributed by atoms with van der Waals surface area (Å²) in [5.74, 6) is -1.43. The molecule has 0 radical (unpaired) electrons. The van der Waals surface area contributed by atoms with Gasteiger partial charge in [-0.15, -0.1) is 0 Å². The number of amidine groups is 1. The lowest BCUT2D eigenvalue weighted by atomic mass is 10.2. The van der Waals surface area contributed by atoms with Crippen LogP contribution in [0.4, 0.5) is 8.78 Å². The number of carbonyl (C=O) groups is 1. The number of benzene rings is 2. The van der Waals surface area contributed by atoms with E-state index in [1.165, 1.54) is 12.1 Å². The number of ether oxygens (including phenoxy) is 1. The first-order valence-corrected chi connectivity index (χ1v) is 8.20. The molecule has 0 aliphatic carbocycles. The highest BCUT2D eigenvalue weighted by molar-refractivity contribution is 8.18. The lowest BCUT2D eigenvalue weighted by molar-refractivity contribution is -0.115. The molecule has 2 aromatic carbocycles. The van der Waals surface area contributed by atoms with Gasteiger partial charge in [0.15, 0.2) is 16.8 Å². The van der Waals surface area contributed by atoms with Gasteiger partial charge in [-0.3, -0.25) is 9.79 Å². The van der Waals surface area contributed by atoms with Crippen LogP contribution in [0.3, 0.4) is 0 Å². The van der Waals surface area contributed by atoms with Crippen LogP contribution in [-0.4, -0.2) is 18.2 Å². The van der Waals surface area contributed by atoms with Crippen LogP contribution in [0.25, 0.3) is 6.08 Å². The zero-order valence-electron chi connectivity index (χ0n) is 13.3. The number of amides is 1. The van der Waals surface area contributed by atoms with Crippen molar-refractivity contribution in [1.82, 2.24) is 5.32 Å². The third-order valence-corrected chi connectivity index (χ3v) is 4.40. The van der Waals surface area contributed by atoms with Gasteiger partial charge in [-0.25, -0.2) is 8.78 Å². The van der Waals surface area contributed by atoms with Crippen LogP contribution < -0.4 is 10.1 Å². The Morgan fingerprint density at radius 3 is 2.60 bits per heavy atom. The summed E-state index contributed by atoms with van der Waals surface area (Å²) in [6.07, 6.45) is 1.50. The van der Waals surface area contributed by atoms with Crippen LogP contribution in [0.2, 0.25) is 0 Å². The van der Waals surface area contributed by atoms with E-state index < -0.39 is 11.6 Å². The molecule has 1 fully saturated rings. The zero-order valence-corrected chi connectivity index (χ0v) is 14.1. The predicted octanol–water partition coefficient (Wildman–Crippen LogP) is 3.73. The number of methoxy groups -OCH3 is 1. The fraction of sp³-hybridized carbons (Fsp3) is 0.111. The SMILES string of the molecule is COc1ccc(CN=C2NC(=O)/C(=C/c3ccc(F)c(F)c3)S2)cc1. The van der Waals surface area contributed by atoms with Crippen molar-refractivity contribution in [2.45, 2.75) is 6.54 Å². The third kappa shape index (κ3) is 4.24. The van der Waals surface area contributed by atoms with E-state index in [2.05, 4.69) is 10.3 Å². The van der Waals surface area contributed by atoms with Gasteiger partial charge in [0.25, 0.3) is 5.91 Å². The molecule has 128 valence electrons. The van der Waals surface area contributed by atoms with Crippen molar-refractivity contribution in [3.8, 4) is 5.75 Å². The molecule has 0 spiro atoms. The minimum Gasteiger partial charge on any atom is -0.497 e. The first-order valence-electron chi connectivity index (χ1n) is 7.38. The number of thioether (sulfide) groups is 1. The summed E-state index contributed by atoms with van der Waals surface area (Å²) < 4.78 is 31.3. The van der Waals surface area contributed by atoms with Gasteiger partial charge in [0, 0.05) is 0 Å². The van der Waals surface area contributed by atoms with Crippen molar-refractivity contribution in [3.63, 3.8) is 0 Å². The van der Waals surface area contributed by atoms with E-state index in [0.29, 0.717) is 22.2 Å². The van der Waals surface area contributed by atoms with E-state index in [9.17, 15) is 13.6 Å². The second kappa shape index (κ2) is 7.48. The molecule has 4 nitrogen and oxygen atoms in total. The maximum absolute atomic E-state index is 13.2. The highest BCUT2D eigenvalue weighted by atomic mass is 32.2. The Morgan fingerprint density at radius 1 is 1.16 bits per heavy atom. The summed E-state index contributed by atoms with van der Waals surface area (Å²) >= 11 is 1.16. The number of hydrogen-bond donors (Lipinski definition) is 1. The molecule has 0 atom stereocenters. The predicted molar refractivity (Wildman–Crippen MR) is 94.2 cm³/mol. The molecule has 25 heavy (non-hydrogen) atoms. The summed E-state index contributed by atoms with van der Waals surface area (Å²) in [6, 6.07) is 10.9. The van der Waals surface area contributed by atoms with Gasteiger partial charge in [-0.2, -0.15) is 0 Å². The van der Waals surface area contributed by atoms with Crippen LogP contribution in [0.5, 0.6) is 5.75 Å². The summed E-state index contributed by atoms with van der Waals surface area (Å²) in [4.78, 5) is 16.7. The van der Waals surface area contributed by atoms with E-state index in [0.717, 1.165) is 35.2 Å². The lowest BCUT2D eigenvalue weighted by Crippen LogP contribution is -2.19. The average Bonchev–Trinajstić information content (AvgIpc) is 2.96. The standard InChI is InChI=1S/C18H14F2N2O2S/c1-24-13-5-2-11(3-6-13)10-21-18-22-17(23)16(25-18)9-12-4-7-14(19)15(20)8-12/h2-9H,10H2,1H3,(H,21,22,23)/b16-9-. The normalized spacial score (nSPS) is 17.2. The monoisotopic (exact) mass is 360 g/mol. The number of aliphatic imine (C=N–C) groups is 1. The van der Waals surface area contributed by atoms with E-state index in [4.69, 9.17) is 4.74 Å². The van der Waals surface area contributed by atoms with E-state index >= 15 is 0 Å². The van der Waals surface area contributed by atoms with Crippen LogP contribution in [-0.2, 0) is 11.3 Å². The Bertz CT molecular complexity index is 864. The van der Waals surface area contributed by atoms with E-state index in [-0.39, 0.29) is 5.91 Å². The summed E-state index contributed by atoms with van der Waals surface area (Å²) in [5, 5.41) is 3.12. The van der Waals surface area contributed by atoms with Crippen LogP contribution >= 0.6 is 11.8 Å². The van der Waals surface area contributed by atoms with Crippen LogP contribution in [0.15, 0.2) is 52.4 Å². The maximum atomic E-state index is 13.2. The molecular formula is C18H14F2N2O2S. The van der Waals surface area contributed by atoms with Gasteiger partial charge in [-0.05, 0) is 53.2 Å². The fourth-order valence-corrected chi connectivity index (χ4v) is 2.97. The Hall–Kier alpha value is -2.67. The van der Waals surface area contributed by atoms with Crippen molar-refractivity contribution in [3.05, 3.63) is 70.1 Å². The van der Waals surface area contributed by atoms with Crippen molar-refractivity contribution < 1.29 is 18.3 Å². The van der Waals surface area contributed by atoms with Crippen molar-refractivity contribution in [2.75, 3.05) is 7.11 Å². The largest absolute Gasteiger partial charge is 0.497 e. The Labute approximate surface area is 147 Å². The minimum absolute atomic E-state index is 0.316. The maximum Gasteiger partial charge on any atom is 0.264 e. The Kier molecular flexibility index (Phi) is 5.14. The molecule has 1 aliphatic heterocycles. The topological polar surface area (TPSA) is 50.7 Å². The average molecular weight is 360 g/mol. The highest BCUT2D eigenvalue weighted by Crippen LogP contribution is 2.26. The molecule has 1 heterocycles. The molecule has 0 unspecified atom stereocenters. The van der Waals surface area contributed by atoms with Gasteiger partial charge in [0.2, 0.25) is 0 Å². The smallest absolute Gasteiger partial charge is 0.264 e. The molecule has 1 aliphatic rings. The third-order valence-electron chi connectivity index (χ3n) is 3.46. The molecule has 0 bridgehead atoms. The van der Waals surface area contributed by atoms with Gasteiger partial charge in [0.05, 0.1) is 18.6 Å².